The molecule has 0 fully saturated rings. The molecule has 106 valence electrons. The molecule has 2 aromatic rings. The lowest BCUT2D eigenvalue weighted by Gasteiger charge is -2.15. The summed E-state index contributed by atoms with van der Waals surface area (Å²) < 4.78 is 1.95. The molecule has 1 heterocycles. The van der Waals surface area contributed by atoms with Crippen molar-refractivity contribution in [3.63, 3.8) is 0 Å². The molecule has 1 aromatic carbocycles. The Morgan fingerprint density at radius 1 is 1.45 bits per heavy atom. The van der Waals surface area contributed by atoms with Crippen LogP contribution in [0.4, 0.5) is 0 Å². The molecule has 0 radical (unpaired) electrons. The van der Waals surface area contributed by atoms with E-state index in [4.69, 9.17) is 5.11 Å². The molecule has 7 nitrogen and oxygen atoms in total. The highest BCUT2D eigenvalue weighted by Crippen LogP contribution is 2.14. The maximum absolute atomic E-state index is 12.1. The van der Waals surface area contributed by atoms with Crippen molar-refractivity contribution in [3.8, 4) is 0 Å². The van der Waals surface area contributed by atoms with E-state index in [-0.39, 0.29) is 24.2 Å². The van der Waals surface area contributed by atoms with Crippen LogP contribution in [0.5, 0.6) is 0 Å². The normalized spacial score (nSPS) is 12.1. The van der Waals surface area contributed by atoms with Gasteiger partial charge in [0.05, 0.1) is 10.1 Å². The van der Waals surface area contributed by atoms with Gasteiger partial charge in [-0.05, 0) is 19.1 Å². The molecule has 0 spiro atoms. The summed E-state index contributed by atoms with van der Waals surface area (Å²) in [6.45, 7) is 2.84. The predicted octanol–water partition coefficient (Wildman–Crippen LogP) is 0.440. The van der Waals surface area contributed by atoms with Gasteiger partial charge in [0.2, 0.25) is 0 Å². The molecule has 0 saturated carbocycles. The third-order valence-corrected chi connectivity index (χ3v) is 3.18. The number of aliphatic hydroxyl groups is 1. The first-order valence-electron chi connectivity index (χ1n) is 6.11. The SMILES string of the molecule is Cc1c(C)[n+](=O)c2ccc(/C=[N+](/[O-])CCO)cc2n1[O-]. The van der Waals surface area contributed by atoms with E-state index in [1.54, 1.807) is 19.9 Å². The molecule has 20 heavy (non-hydrogen) atoms. The van der Waals surface area contributed by atoms with Crippen LogP contribution < -0.4 is 4.43 Å². The van der Waals surface area contributed by atoms with Gasteiger partial charge in [0.1, 0.15) is 12.1 Å². The number of rotatable bonds is 3. The van der Waals surface area contributed by atoms with Crippen LogP contribution in [0, 0.1) is 29.2 Å². The van der Waals surface area contributed by atoms with Gasteiger partial charge in [0, 0.05) is 23.5 Å². The number of hydrogen-bond acceptors (Lipinski definition) is 4. The summed E-state index contributed by atoms with van der Waals surface area (Å²) in [5, 5.41) is 32.1. The Labute approximate surface area is 114 Å². The maximum atomic E-state index is 12.1. The van der Waals surface area contributed by atoms with Crippen LogP contribution in [0.1, 0.15) is 17.0 Å². The van der Waals surface area contributed by atoms with Crippen LogP contribution in [0.2, 0.25) is 0 Å². The van der Waals surface area contributed by atoms with E-state index >= 15 is 0 Å². The summed E-state index contributed by atoms with van der Waals surface area (Å²) in [7, 11) is 0. The van der Waals surface area contributed by atoms with Crippen molar-refractivity contribution in [2.45, 2.75) is 13.8 Å². The Morgan fingerprint density at radius 3 is 2.80 bits per heavy atom. The van der Waals surface area contributed by atoms with Crippen molar-refractivity contribution in [1.29, 1.82) is 0 Å². The van der Waals surface area contributed by atoms with E-state index in [9.17, 15) is 15.3 Å². The number of benzene rings is 1. The lowest BCUT2D eigenvalue weighted by atomic mass is 10.2. The van der Waals surface area contributed by atoms with Gasteiger partial charge in [0.15, 0.2) is 12.8 Å². The highest BCUT2D eigenvalue weighted by Gasteiger charge is 2.16. The number of nitrogens with zero attached hydrogens (tertiary/aromatic N) is 3. The van der Waals surface area contributed by atoms with Crippen molar-refractivity contribution in [3.05, 3.63) is 50.5 Å². The number of aromatic nitrogens is 2. The standard InChI is InChI=1S/C13H15N3O4/c1-9-10(2)16(20)13-7-11(8-14(18)5-6-17)3-4-12(13)15(9)19/h3-4,7-8,17H,5-6H2,1-2H3/b14-8+. The molecule has 1 N–H and O–H groups in total. The molecule has 2 rings (SSSR count). The second-order valence-corrected chi connectivity index (χ2v) is 4.50. The van der Waals surface area contributed by atoms with Crippen molar-refractivity contribution >= 4 is 17.2 Å². The zero-order chi connectivity index (χ0) is 14.9. The summed E-state index contributed by atoms with van der Waals surface area (Å²) in [6.07, 6.45) is 1.26. The molecule has 0 unspecified atom stereocenters. The van der Waals surface area contributed by atoms with E-state index in [0.29, 0.717) is 30.8 Å². The van der Waals surface area contributed by atoms with Gasteiger partial charge in [-0.25, -0.2) is 4.74 Å². The van der Waals surface area contributed by atoms with E-state index in [1.807, 2.05) is 0 Å². The number of hydrogen-bond donors (Lipinski definition) is 1. The topological polar surface area (TPSA) is 97.3 Å². The summed E-state index contributed by atoms with van der Waals surface area (Å²) >= 11 is 0. The largest absolute Gasteiger partial charge is 0.805 e. The Hall–Kier alpha value is -2.41. The molecular weight excluding hydrogens is 262 g/mol. The molecule has 0 amide bonds. The number of aliphatic hydroxyl groups excluding tert-OH is 1. The highest BCUT2D eigenvalue weighted by molar-refractivity contribution is 5.84. The van der Waals surface area contributed by atoms with Crippen LogP contribution >= 0.6 is 0 Å². The van der Waals surface area contributed by atoms with Crippen molar-refractivity contribution in [1.82, 2.24) is 4.73 Å². The number of fused-ring (bicyclic) bond motifs is 1. The third kappa shape index (κ3) is 2.35. The molecule has 1 aromatic heterocycles. The average Bonchev–Trinajstić information content (AvgIpc) is 2.43. The van der Waals surface area contributed by atoms with Gasteiger partial charge in [0.25, 0.3) is 11.2 Å². The average molecular weight is 277 g/mol. The quantitative estimate of drug-likeness (QED) is 0.381. The van der Waals surface area contributed by atoms with Crippen LogP contribution in [0.3, 0.4) is 0 Å². The molecule has 7 heteroatoms. The Morgan fingerprint density at radius 2 is 2.15 bits per heavy atom. The second kappa shape index (κ2) is 5.30. The summed E-state index contributed by atoms with van der Waals surface area (Å²) in [5.74, 6) is 0. The van der Waals surface area contributed by atoms with E-state index in [1.165, 1.54) is 18.3 Å². The van der Waals surface area contributed by atoms with Crippen LogP contribution in [-0.2, 0) is 0 Å². The summed E-state index contributed by atoms with van der Waals surface area (Å²) in [4.78, 5) is 12.0. The van der Waals surface area contributed by atoms with Gasteiger partial charge in [-0.1, -0.05) is 0 Å². The zero-order valence-corrected chi connectivity index (χ0v) is 11.2. The first-order chi connectivity index (χ1) is 9.45. The zero-order valence-electron chi connectivity index (χ0n) is 11.2. The molecule has 0 aliphatic heterocycles. The Kier molecular flexibility index (Phi) is 3.71. The van der Waals surface area contributed by atoms with Gasteiger partial charge in [-0.2, -0.15) is 0 Å². The second-order valence-electron chi connectivity index (χ2n) is 4.50. The first kappa shape index (κ1) is 14.0. The molecule has 0 bridgehead atoms. The molecule has 0 aliphatic rings. The van der Waals surface area contributed by atoms with Crippen LogP contribution in [-0.4, -0.2) is 33.9 Å². The van der Waals surface area contributed by atoms with Gasteiger partial charge < -0.3 is 20.3 Å². The smallest absolute Gasteiger partial charge is 0.286 e. The fraction of sp³-hybridized carbons (Fsp3) is 0.308. The van der Waals surface area contributed by atoms with E-state index in [2.05, 4.69) is 0 Å². The van der Waals surface area contributed by atoms with Crippen molar-refractivity contribution < 1.29 is 14.3 Å². The van der Waals surface area contributed by atoms with Gasteiger partial charge in [-0.15, -0.1) is 0 Å². The van der Waals surface area contributed by atoms with E-state index in [0.717, 1.165) is 0 Å². The fourth-order valence-corrected chi connectivity index (χ4v) is 1.94. The van der Waals surface area contributed by atoms with Crippen LogP contribution in [0.15, 0.2) is 18.2 Å². The molecule has 0 saturated heterocycles. The summed E-state index contributed by atoms with van der Waals surface area (Å²) in [6, 6.07) is 4.56. The van der Waals surface area contributed by atoms with Crippen LogP contribution in [0.25, 0.3) is 11.0 Å². The Bertz CT molecular complexity index is 749. The minimum Gasteiger partial charge on any atom is -0.805 e. The predicted molar refractivity (Wildman–Crippen MR) is 74.3 cm³/mol. The van der Waals surface area contributed by atoms with Gasteiger partial charge >= 0.3 is 0 Å². The molecule has 0 aliphatic carbocycles. The van der Waals surface area contributed by atoms with Crippen molar-refractivity contribution in [2.24, 2.45) is 0 Å². The molecular formula is C13H15N3O4. The minimum absolute atomic E-state index is 0.0517. The lowest BCUT2D eigenvalue weighted by Crippen LogP contribution is -2.24. The third-order valence-electron chi connectivity index (χ3n) is 3.18. The monoisotopic (exact) mass is 277 g/mol. The Balaban J connectivity index is 2.66. The minimum atomic E-state index is -0.256. The highest BCUT2D eigenvalue weighted by atomic mass is 16.5. The lowest BCUT2D eigenvalue weighted by molar-refractivity contribution is -0.473. The summed E-state index contributed by atoms with van der Waals surface area (Å²) in [5.41, 5.74) is 1.61. The fourth-order valence-electron chi connectivity index (χ4n) is 1.94. The van der Waals surface area contributed by atoms with Gasteiger partial charge in [-0.3, -0.25) is 0 Å². The first-order valence-corrected chi connectivity index (χ1v) is 6.11. The maximum Gasteiger partial charge on any atom is 0.286 e. The number of hydroxylamine groups is 1. The van der Waals surface area contributed by atoms with E-state index < -0.39 is 0 Å². The molecule has 0 atom stereocenters. The van der Waals surface area contributed by atoms with Crippen molar-refractivity contribution in [2.75, 3.05) is 13.2 Å².